The van der Waals surface area contributed by atoms with Crippen LogP contribution in [0.4, 0.5) is 9.52 Å². The molecule has 0 radical (unpaired) electrons. The van der Waals surface area contributed by atoms with Crippen LogP contribution in [-0.4, -0.2) is 38.7 Å². The number of phenolic OH excluding ortho intramolecular Hbond substituents is 1. The van der Waals surface area contributed by atoms with E-state index >= 15 is 0 Å². The molecule has 1 atom stereocenters. The van der Waals surface area contributed by atoms with Gasteiger partial charge in [0, 0.05) is 11.3 Å². The van der Waals surface area contributed by atoms with Crippen LogP contribution in [0.25, 0.3) is 5.76 Å². The lowest BCUT2D eigenvalue weighted by molar-refractivity contribution is -0.132. The number of aryl methyl sites for hydroxylation is 1. The summed E-state index contributed by atoms with van der Waals surface area (Å²) in [5, 5.41) is 30.5. The van der Waals surface area contributed by atoms with E-state index in [1.165, 1.54) is 34.9 Å². The average molecular weight is 684 g/mol. The Morgan fingerprint density at radius 2 is 1.69 bits per heavy atom. The average Bonchev–Trinajstić information content (AvgIpc) is 3.66. The molecular formula is C36H30FN3O6S2. The smallest absolute Gasteiger partial charge is 0.301 e. The largest absolute Gasteiger partial charge is 0.507 e. The summed E-state index contributed by atoms with van der Waals surface area (Å²) in [5.74, 6) is -1.70. The molecular weight excluding hydrogens is 654 g/mol. The zero-order chi connectivity index (χ0) is 33.8. The Hall–Kier alpha value is -5.20. The first-order chi connectivity index (χ1) is 23.2. The molecule has 48 heavy (non-hydrogen) atoms. The summed E-state index contributed by atoms with van der Waals surface area (Å²) in [6.07, 6.45) is 0. The summed E-state index contributed by atoms with van der Waals surface area (Å²) in [4.78, 5) is 28.5. The molecule has 1 aromatic heterocycles. The van der Waals surface area contributed by atoms with Gasteiger partial charge in [0.1, 0.15) is 23.9 Å². The van der Waals surface area contributed by atoms with Gasteiger partial charge < -0.3 is 19.7 Å². The minimum absolute atomic E-state index is 0.114. The SMILES string of the molecule is CCOc1cc(C2/C(=C(\O)c3ccc(OCc4ccccc4C)cc3)C(=O)C(=O)N2c2nnc(SCc3ccccc3F)s2)ccc1O. The molecule has 12 heteroatoms. The number of ketones is 1. The lowest BCUT2D eigenvalue weighted by Gasteiger charge is -2.23. The van der Waals surface area contributed by atoms with Crippen LogP contribution in [0.2, 0.25) is 0 Å². The van der Waals surface area contributed by atoms with Gasteiger partial charge in [0.05, 0.1) is 18.2 Å². The van der Waals surface area contributed by atoms with Gasteiger partial charge in [-0.3, -0.25) is 14.5 Å². The topological polar surface area (TPSA) is 122 Å². The van der Waals surface area contributed by atoms with Crippen LogP contribution in [0.15, 0.2) is 101 Å². The second kappa shape index (κ2) is 14.3. The molecule has 0 saturated carbocycles. The van der Waals surface area contributed by atoms with Crippen molar-refractivity contribution in [2.24, 2.45) is 0 Å². The minimum atomic E-state index is -1.13. The lowest BCUT2D eigenvalue weighted by atomic mass is 9.95. The first-order valence-electron chi connectivity index (χ1n) is 15.0. The van der Waals surface area contributed by atoms with Crippen molar-refractivity contribution in [1.82, 2.24) is 10.2 Å². The fourth-order valence-corrected chi connectivity index (χ4v) is 7.08. The van der Waals surface area contributed by atoms with Crippen molar-refractivity contribution in [3.63, 3.8) is 0 Å². The number of ether oxygens (including phenoxy) is 2. The highest BCUT2D eigenvalue weighted by Gasteiger charge is 2.48. The highest BCUT2D eigenvalue weighted by molar-refractivity contribution is 8.00. The Balaban J connectivity index is 1.34. The van der Waals surface area contributed by atoms with Gasteiger partial charge in [-0.05, 0) is 78.6 Å². The third-order valence-corrected chi connectivity index (χ3v) is 9.84. The van der Waals surface area contributed by atoms with Crippen molar-refractivity contribution < 1.29 is 33.7 Å². The van der Waals surface area contributed by atoms with Crippen molar-refractivity contribution in [3.8, 4) is 17.2 Å². The highest BCUT2D eigenvalue weighted by atomic mass is 32.2. The Morgan fingerprint density at radius 3 is 2.42 bits per heavy atom. The number of nitrogens with zero attached hydrogens (tertiary/aromatic N) is 3. The number of anilines is 1. The number of aromatic hydroxyl groups is 1. The van der Waals surface area contributed by atoms with E-state index < -0.39 is 23.5 Å². The Labute approximate surface area is 284 Å². The summed E-state index contributed by atoms with van der Waals surface area (Å²) < 4.78 is 26.2. The second-order valence-corrected chi connectivity index (χ2v) is 13.0. The Bertz CT molecular complexity index is 2010. The van der Waals surface area contributed by atoms with Crippen molar-refractivity contribution in [3.05, 3.63) is 130 Å². The van der Waals surface area contributed by atoms with Crippen LogP contribution in [0.5, 0.6) is 17.2 Å². The fourth-order valence-electron chi connectivity index (χ4n) is 5.23. The fraction of sp³-hybridized carbons (Fsp3) is 0.167. The number of aliphatic hydroxyl groups is 1. The standard InChI is InChI=1S/C36H30FN3O6S2/c1-3-45-29-18-23(14-17-28(29)41)31-30(32(42)22-12-15-26(16-13-22)46-19-24-9-5-4-8-21(24)2)33(43)34(44)40(31)35-38-39-36(48-35)47-20-25-10-6-7-11-27(25)37/h4-18,31,41-42H,3,19-20H2,1-2H3/b32-30+. The van der Waals surface area contributed by atoms with Gasteiger partial charge >= 0.3 is 5.91 Å². The van der Waals surface area contributed by atoms with Crippen molar-refractivity contribution in [2.45, 2.75) is 36.6 Å². The molecule has 0 bridgehead atoms. The number of halogens is 1. The van der Waals surface area contributed by atoms with Gasteiger partial charge in [0.15, 0.2) is 15.8 Å². The maximum absolute atomic E-state index is 14.2. The number of carbonyl (C=O) groups excluding carboxylic acids is 2. The van der Waals surface area contributed by atoms with Gasteiger partial charge in [0.2, 0.25) is 5.13 Å². The molecule has 1 amide bonds. The Morgan fingerprint density at radius 1 is 0.958 bits per heavy atom. The molecule has 0 aliphatic carbocycles. The second-order valence-electron chi connectivity index (χ2n) is 10.8. The van der Waals surface area contributed by atoms with Gasteiger partial charge in [-0.15, -0.1) is 10.2 Å². The monoisotopic (exact) mass is 683 g/mol. The number of Topliss-reactive ketones (excluding diaryl/α,β-unsaturated/α-hetero) is 1. The molecule has 6 rings (SSSR count). The van der Waals surface area contributed by atoms with Gasteiger partial charge in [-0.2, -0.15) is 0 Å². The number of amides is 1. The number of hydrogen-bond donors (Lipinski definition) is 2. The van der Waals surface area contributed by atoms with Crippen molar-refractivity contribution in [1.29, 1.82) is 0 Å². The number of aromatic nitrogens is 2. The predicted octanol–water partition coefficient (Wildman–Crippen LogP) is 7.59. The van der Waals surface area contributed by atoms with Crippen molar-refractivity contribution >= 4 is 45.7 Å². The summed E-state index contributed by atoms with van der Waals surface area (Å²) in [7, 11) is 0. The maximum atomic E-state index is 14.2. The summed E-state index contributed by atoms with van der Waals surface area (Å²) in [5.41, 5.74) is 3.14. The van der Waals surface area contributed by atoms with Crippen LogP contribution in [-0.2, 0) is 21.9 Å². The van der Waals surface area contributed by atoms with E-state index in [-0.39, 0.29) is 40.4 Å². The first-order valence-corrected chi connectivity index (χ1v) is 16.8. The van der Waals surface area contributed by atoms with Crippen LogP contribution < -0.4 is 14.4 Å². The number of hydrogen-bond acceptors (Lipinski definition) is 10. The summed E-state index contributed by atoms with van der Waals surface area (Å²) in [6.45, 7) is 4.38. The predicted molar refractivity (Wildman–Crippen MR) is 182 cm³/mol. The van der Waals surface area contributed by atoms with Crippen LogP contribution in [0.3, 0.4) is 0 Å². The van der Waals surface area contributed by atoms with E-state index in [9.17, 15) is 24.2 Å². The van der Waals surface area contributed by atoms with Crippen LogP contribution in [0.1, 0.15) is 40.8 Å². The van der Waals surface area contributed by atoms with E-state index in [0.29, 0.717) is 33.4 Å². The minimum Gasteiger partial charge on any atom is -0.507 e. The molecule has 1 saturated heterocycles. The van der Waals surface area contributed by atoms with E-state index in [0.717, 1.165) is 22.5 Å². The van der Waals surface area contributed by atoms with Crippen molar-refractivity contribution in [2.75, 3.05) is 11.5 Å². The molecule has 9 nitrogen and oxygen atoms in total. The maximum Gasteiger partial charge on any atom is 0.301 e. The number of benzene rings is 4. The zero-order valence-corrected chi connectivity index (χ0v) is 27.6. The Kier molecular flexibility index (Phi) is 9.74. The molecule has 1 aliphatic heterocycles. The summed E-state index contributed by atoms with van der Waals surface area (Å²) in [6, 6.07) is 24.2. The third kappa shape index (κ3) is 6.76. The van der Waals surface area contributed by atoms with E-state index in [1.54, 1.807) is 55.5 Å². The van der Waals surface area contributed by atoms with Crippen LogP contribution >= 0.6 is 23.1 Å². The van der Waals surface area contributed by atoms with Gasteiger partial charge in [0.25, 0.3) is 5.78 Å². The molecule has 5 aromatic rings. The normalized spacial score (nSPS) is 15.6. The molecule has 2 N–H and O–H groups in total. The molecule has 244 valence electrons. The number of rotatable bonds is 11. The highest BCUT2D eigenvalue weighted by Crippen LogP contribution is 2.45. The number of thioether (sulfide) groups is 1. The van der Waals surface area contributed by atoms with E-state index in [2.05, 4.69) is 10.2 Å². The van der Waals surface area contributed by atoms with Crippen LogP contribution in [0, 0.1) is 12.7 Å². The van der Waals surface area contributed by atoms with Gasteiger partial charge in [-0.25, -0.2) is 4.39 Å². The number of phenols is 1. The van der Waals surface area contributed by atoms with E-state index in [1.807, 2.05) is 31.2 Å². The quantitative estimate of drug-likeness (QED) is 0.0477. The molecule has 1 aliphatic rings. The molecule has 1 fully saturated rings. The lowest BCUT2D eigenvalue weighted by Crippen LogP contribution is -2.29. The molecule has 0 spiro atoms. The first kappa shape index (κ1) is 32.7. The molecule has 4 aromatic carbocycles. The molecule has 2 heterocycles. The number of carbonyl (C=O) groups is 2. The summed E-state index contributed by atoms with van der Waals surface area (Å²) >= 11 is 2.30. The molecule has 1 unspecified atom stereocenters. The zero-order valence-electron chi connectivity index (χ0n) is 25.9. The third-order valence-electron chi connectivity index (χ3n) is 7.74. The van der Waals surface area contributed by atoms with E-state index in [4.69, 9.17) is 9.47 Å². The van der Waals surface area contributed by atoms with Gasteiger partial charge in [-0.1, -0.05) is 71.6 Å². The number of aliphatic hydroxyl groups excluding tert-OH is 1.